The van der Waals surface area contributed by atoms with Crippen LogP contribution in [0.1, 0.15) is 22.1 Å². The number of aromatic amines is 1. The Bertz CT molecular complexity index is 1030. The summed E-state index contributed by atoms with van der Waals surface area (Å²) >= 11 is 0. The fourth-order valence-electron chi connectivity index (χ4n) is 5.16. The van der Waals surface area contributed by atoms with Crippen LogP contribution in [0.25, 0.3) is 11.3 Å². The fraction of sp³-hybridized carbons (Fsp3) is 0.333. The summed E-state index contributed by atoms with van der Waals surface area (Å²) in [6, 6.07) is 18.5. The summed E-state index contributed by atoms with van der Waals surface area (Å²) < 4.78 is 5.31. The van der Waals surface area contributed by atoms with E-state index in [1.165, 1.54) is 5.56 Å². The van der Waals surface area contributed by atoms with Crippen molar-refractivity contribution in [2.45, 2.75) is 6.04 Å². The molecule has 0 radical (unpaired) electrons. The van der Waals surface area contributed by atoms with Crippen LogP contribution in [-0.4, -0.2) is 59.5 Å². The van der Waals surface area contributed by atoms with Crippen LogP contribution in [0.15, 0.2) is 60.9 Å². The Morgan fingerprint density at radius 1 is 1.07 bits per heavy atom. The molecule has 3 heterocycles. The monoisotopic (exact) mass is 402 g/mol. The van der Waals surface area contributed by atoms with Gasteiger partial charge < -0.3 is 14.6 Å². The van der Waals surface area contributed by atoms with Gasteiger partial charge in [-0.2, -0.15) is 0 Å². The van der Waals surface area contributed by atoms with Gasteiger partial charge in [-0.25, -0.2) is 4.98 Å². The summed E-state index contributed by atoms with van der Waals surface area (Å²) in [6.45, 7) is 2.55. The molecule has 5 rings (SSSR count). The highest BCUT2D eigenvalue weighted by Gasteiger charge is 2.47. The van der Waals surface area contributed by atoms with Crippen molar-refractivity contribution in [3.63, 3.8) is 0 Å². The molecule has 0 spiro atoms. The molecule has 30 heavy (non-hydrogen) atoms. The van der Waals surface area contributed by atoms with Gasteiger partial charge in [-0.05, 0) is 30.7 Å². The number of amides is 1. The molecule has 2 fully saturated rings. The molecule has 3 aromatic rings. The molecule has 2 aliphatic rings. The number of carbonyl (C=O) groups is 1. The maximum absolute atomic E-state index is 13.4. The topological polar surface area (TPSA) is 61.5 Å². The number of rotatable bonds is 4. The lowest BCUT2D eigenvalue weighted by Gasteiger charge is -2.27. The van der Waals surface area contributed by atoms with Crippen molar-refractivity contribution in [3.8, 4) is 17.0 Å². The third-order valence-electron chi connectivity index (χ3n) is 6.54. The van der Waals surface area contributed by atoms with E-state index in [0.717, 1.165) is 36.6 Å². The zero-order chi connectivity index (χ0) is 20.7. The lowest BCUT2D eigenvalue weighted by atomic mass is 9.89. The maximum atomic E-state index is 13.4. The molecule has 6 nitrogen and oxygen atoms in total. The highest BCUT2D eigenvalue weighted by molar-refractivity contribution is 5.98. The highest BCUT2D eigenvalue weighted by atomic mass is 16.5. The summed E-state index contributed by atoms with van der Waals surface area (Å²) in [7, 11) is 3.87. The van der Waals surface area contributed by atoms with Crippen LogP contribution in [0.2, 0.25) is 0 Å². The number of nitrogens with zero attached hydrogens (tertiary/aromatic N) is 3. The van der Waals surface area contributed by atoms with E-state index in [1.807, 2.05) is 47.4 Å². The van der Waals surface area contributed by atoms with Crippen LogP contribution in [0, 0.1) is 11.8 Å². The number of imidazole rings is 1. The Hall–Kier alpha value is -3.12. The molecule has 0 unspecified atom stereocenters. The minimum Gasteiger partial charge on any atom is -0.497 e. The van der Waals surface area contributed by atoms with E-state index in [0.29, 0.717) is 23.6 Å². The van der Waals surface area contributed by atoms with Crippen molar-refractivity contribution in [3.05, 3.63) is 72.2 Å². The molecular formula is C24H26N4O2. The Morgan fingerprint density at radius 2 is 1.83 bits per heavy atom. The number of carbonyl (C=O) groups excluding carboxylic acids is 1. The number of benzene rings is 2. The Kier molecular flexibility index (Phi) is 4.79. The van der Waals surface area contributed by atoms with Gasteiger partial charge >= 0.3 is 0 Å². The third-order valence-corrected chi connectivity index (χ3v) is 6.54. The first-order valence-electron chi connectivity index (χ1n) is 10.4. The normalized spacial score (nSPS) is 23.5. The molecule has 6 heteroatoms. The van der Waals surface area contributed by atoms with E-state index < -0.39 is 0 Å². The SMILES string of the molecule is COc1ccc([C@@H]2[C@@H]3CN(C(=O)c4[nH]cnc4-c4ccccc4)C[C@@H]3CN2C)cc1. The largest absolute Gasteiger partial charge is 0.497 e. The van der Waals surface area contributed by atoms with Crippen molar-refractivity contribution in [1.29, 1.82) is 0 Å². The second-order valence-electron chi connectivity index (χ2n) is 8.28. The summed E-state index contributed by atoms with van der Waals surface area (Å²) in [5.74, 6) is 1.81. The van der Waals surface area contributed by atoms with Gasteiger partial charge in [0.1, 0.15) is 17.1 Å². The van der Waals surface area contributed by atoms with E-state index in [9.17, 15) is 4.79 Å². The molecule has 1 aromatic heterocycles. The minimum absolute atomic E-state index is 0.0388. The lowest BCUT2D eigenvalue weighted by Crippen LogP contribution is -2.33. The second-order valence-corrected chi connectivity index (χ2v) is 8.28. The van der Waals surface area contributed by atoms with Crippen LogP contribution < -0.4 is 4.74 Å². The van der Waals surface area contributed by atoms with E-state index in [1.54, 1.807) is 13.4 Å². The molecule has 2 aromatic carbocycles. The average molecular weight is 402 g/mol. The fourth-order valence-corrected chi connectivity index (χ4v) is 5.16. The van der Waals surface area contributed by atoms with Gasteiger partial charge in [-0.15, -0.1) is 0 Å². The van der Waals surface area contributed by atoms with Crippen LogP contribution in [0.5, 0.6) is 5.75 Å². The van der Waals surface area contributed by atoms with Crippen molar-refractivity contribution in [2.24, 2.45) is 11.8 Å². The summed E-state index contributed by atoms with van der Waals surface area (Å²) in [5.41, 5.74) is 3.54. The van der Waals surface area contributed by atoms with Crippen molar-refractivity contribution >= 4 is 5.91 Å². The highest BCUT2D eigenvalue weighted by Crippen LogP contribution is 2.44. The predicted octanol–water partition coefficient (Wildman–Crippen LogP) is 3.46. The number of likely N-dealkylation sites (tertiary alicyclic amines) is 2. The van der Waals surface area contributed by atoms with Gasteiger partial charge in [0.15, 0.2) is 0 Å². The quantitative estimate of drug-likeness (QED) is 0.726. The van der Waals surface area contributed by atoms with Gasteiger partial charge in [0.25, 0.3) is 5.91 Å². The average Bonchev–Trinajstić information content (AvgIpc) is 3.48. The maximum Gasteiger partial charge on any atom is 0.272 e. The summed E-state index contributed by atoms with van der Waals surface area (Å²) in [5, 5.41) is 0. The molecule has 154 valence electrons. The van der Waals surface area contributed by atoms with Crippen LogP contribution >= 0.6 is 0 Å². The van der Waals surface area contributed by atoms with E-state index in [-0.39, 0.29) is 5.91 Å². The number of fused-ring (bicyclic) bond motifs is 1. The molecule has 1 N–H and O–H groups in total. The van der Waals surface area contributed by atoms with Crippen molar-refractivity contribution < 1.29 is 9.53 Å². The zero-order valence-corrected chi connectivity index (χ0v) is 17.3. The van der Waals surface area contributed by atoms with E-state index >= 15 is 0 Å². The zero-order valence-electron chi connectivity index (χ0n) is 17.3. The molecule has 1 amide bonds. The third kappa shape index (κ3) is 3.17. The van der Waals surface area contributed by atoms with Crippen LogP contribution in [0.3, 0.4) is 0 Å². The van der Waals surface area contributed by atoms with Gasteiger partial charge in [0.2, 0.25) is 0 Å². The van der Waals surface area contributed by atoms with Gasteiger partial charge in [0, 0.05) is 37.2 Å². The molecule has 3 atom stereocenters. The minimum atomic E-state index is 0.0388. The van der Waals surface area contributed by atoms with Gasteiger partial charge in [0.05, 0.1) is 13.4 Å². The van der Waals surface area contributed by atoms with Gasteiger partial charge in [-0.3, -0.25) is 9.69 Å². The van der Waals surface area contributed by atoms with Gasteiger partial charge in [-0.1, -0.05) is 42.5 Å². The first-order valence-corrected chi connectivity index (χ1v) is 10.4. The molecular weight excluding hydrogens is 376 g/mol. The number of ether oxygens (including phenoxy) is 1. The number of nitrogens with one attached hydrogen (secondary N) is 1. The molecule has 0 bridgehead atoms. The Balaban J connectivity index is 1.37. The second kappa shape index (κ2) is 7.61. The lowest BCUT2D eigenvalue weighted by molar-refractivity contribution is 0.0763. The Morgan fingerprint density at radius 3 is 2.57 bits per heavy atom. The smallest absolute Gasteiger partial charge is 0.272 e. The number of hydrogen-bond acceptors (Lipinski definition) is 4. The standard InChI is InChI=1S/C24H26N4O2/c1-27-12-18-13-28(14-20(18)23(27)17-8-10-19(30-2)11-9-17)24(29)22-21(25-15-26-22)16-6-4-3-5-7-16/h3-11,15,18,20,23H,12-14H2,1-2H3,(H,25,26)/t18-,20+,23+/m0/s1. The molecule has 0 saturated carbocycles. The molecule has 0 aliphatic carbocycles. The number of hydrogen-bond donors (Lipinski definition) is 1. The van der Waals surface area contributed by atoms with Crippen molar-refractivity contribution in [1.82, 2.24) is 19.8 Å². The van der Waals surface area contributed by atoms with E-state index in [4.69, 9.17) is 4.74 Å². The first kappa shape index (κ1) is 18.9. The predicted molar refractivity (Wildman–Crippen MR) is 115 cm³/mol. The summed E-state index contributed by atoms with van der Waals surface area (Å²) in [4.78, 5) is 25.3. The molecule has 2 saturated heterocycles. The van der Waals surface area contributed by atoms with E-state index in [2.05, 4.69) is 34.0 Å². The first-order chi connectivity index (χ1) is 14.7. The van der Waals surface area contributed by atoms with Crippen LogP contribution in [-0.2, 0) is 0 Å². The number of aromatic nitrogens is 2. The summed E-state index contributed by atoms with van der Waals surface area (Å²) in [6.07, 6.45) is 1.61. The van der Waals surface area contributed by atoms with Crippen molar-refractivity contribution in [2.75, 3.05) is 33.8 Å². The molecule has 2 aliphatic heterocycles. The number of H-pyrrole nitrogens is 1. The van der Waals surface area contributed by atoms with Crippen LogP contribution in [0.4, 0.5) is 0 Å². The number of methoxy groups -OCH3 is 1. The Labute approximate surface area is 176 Å².